The maximum atomic E-state index is 6.67. The summed E-state index contributed by atoms with van der Waals surface area (Å²) < 4.78 is 22.0. The van der Waals surface area contributed by atoms with Crippen LogP contribution < -0.4 is 0 Å². The van der Waals surface area contributed by atoms with Crippen LogP contribution in [-0.4, -0.2) is 0 Å². The largest absolute Gasteiger partial charge is 0.464 e. The van der Waals surface area contributed by atoms with E-state index in [0.29, 0.717) is 0 Å². The van der Waals surface area contributed by atoms with Gasteiger partial charge in [0.15, 0.2) is 11.2 Å². The van der Waals surface area contributed by atoms with Crippen molar-refractivity contribution in [3.63, 3.8) is 0 Å². The Balaban J connectivity index is 1.21. The van der Waals surface area contributed by atoms with Crippen molar-refractivity contribution in [1.82, 2.24) is 0 Å². The number of thiophene rings is 1. The summed E-state index contributed by atoms with van der Waals surface area (Å²) >= 11 is 1.84. The Morgan fingerprint density at radius 2 is 0.940 bits per heavy atom. The summed E-state index contributed by atoms with van der Waals surface area (Å²) in [5, 5.41) is 12.8. The van der Waals surface area contributed by atoms with Crippen LogP contribution in [0.2, 0.25) is 0 Å². The summed E-state index contributed by atoms with van der Waals surface area (Å²) in [6.45, 7) is 0. The third kappa shape index (κ3) is 3.38. The van der Waals surface area contributed by atoms with Crippen molar-refractivity contribution in [2.24, 2.45) is 0 Å². The second-order valence-electron chi connectivity index (χ2n) is 13.1. The molecule has 0 atom stereocenters. The topological polar surface area (TPSA) is 39.4 Å². The van der Waals surface area contributed by atoms with Gasteiger partial charge in [0.2, 0.25) is 0 Å². The van der Waals surface area contributed by atoms with E-state index in [2.05, 4.69) is 127 Å². The molecule has 0 unspecified atom stereocenters. The lowest BCUT2D eigenvalue weighted by Gasteiger charge is -2.17. The number of hydrogen-bond acceptors (Lipinski definition) is 4. The van der Waals surface area contributed by atoms with Gasteiger partial charge in [-0.05, 0) is 75.1 Å². The molecule has 4 aromatic heterocycles. The molecular formula is C46H24O3S. The molecule has 50 heavy (non-hydrogen) atoms. The van der Waals surface area contributed by atoms with Crippen LogP contribution in [0.3, 0.4) is 0 Å². The van der Waals surface area contributed by atoms with Crippen molar-refractivity contribution >= 4 is 108 Å². The van der Waals surface area contributed by atoms with Gasteiger partial charge in [0.25, 0.3) is 0 Å². The first-order valence-electron chi connectivity index (χ1n) is 16.8. The van der Waals surface area contributed by atoms with Crippen molar-refractivity contribution in [2.75, 3.05) is 0 Å². The monoisotopic (exact) mass is 656 g/mol. The van der Waals surface area contributed by atoms with Crippen molar-refractivity contribution < 1.29 is 13.3 Å². The smallest absolute Gasteiger partial charge is 0.178 e. The predicted octanol–water partition coefficient (Wildman–Crippen LogP) is 14.2. The zero-order chi connectivity index (χ0) is 32.5. The highest BCUT2D eigenvalue weighted by atomic mass is 32.1. The van der Waals surface area contributed by atoms with Gasteiger partial charge in [0.05, 0.1) is 6.26 Å². The highest BCUT2D eigenvalue weighted by molar-refractivity contribution is 7.26. The molecule has 4 heterocycles. The highest BCUT2D eigenvalue weighted by Gasteiger charge is 2.24. The fraction of sp³-hybridized carbons (Fsp3) is 0. The van der Waals surface area contributed by atoms with Gasteiger partial charge in [-0.1, -0.05) is 97.1 Å². The Morgan fingerprint density at radius 1 is 0.360 bits per heavy atom. The number of rotatable bonds is 2. The van der Waals surface area contributed by atoms with E-state index in [-0.39, 0.29) is 0 Å². The van der Waals surface area contributed by atoms with Crippen LogP contribution in [0.4, 0.5) is 0 Å². The van der Waals surface area contributed by atoms with Gasteiger partial charge in [0.1, 0.15) is 16.7 Å². The summed E-state index contributed by atoms with van der Waals surface area (Å²) in [5.74, 6) is 0. The Hall–Kier alpha value is -6.36. The first kappa shape index (κ1) is 26.6. The number of furan rings is 3. The van der Waals surface area contributed by atoms with Gasteiger partial charge >= 0.3 is 0 Å². The molecule has 0 spiro atoms. The number of para-hydroxylation sites is 1. The van der Waals surface area contributed by atoms with Crippen molar-refractivity contribution in [2.45, 2.75) is 0 Å². The summed E-state index contributed by atoms with van der Waals surface area (Å²) in [6, 6.07) is 49.6. The molecule has 0 radical (unpaired) electrons. The van der Waals surface area contributed by atoms with Crippen LogP contribution in [0.5, 0.6) is 0 Å². The summed E-state index contributed by atoms with van der Waals surface area (Å²) in [6.07, 6.45) is 1.96. The molecule has 0 aliphatic carbocycles. The number of benzene rings is 8. The third-order valence-corrected chi connectivity index (χ3v) is 11.8. The minimum absolute atomic E-state index is 0.781. The second kappa shape index (κ2) is 9.63. The molecule has 0 amide bonds. The molecule has 0 fully saturated rings. The Labute approximate surface area is 288 Å². The Bertz CT molecular complexity index is 3330. The molecule has 0 saturated carbocycles. The fourth-order valence-electron chi connectivity index (χ4n) is 8.47. The Morgan fingerprint density at radius 3 is 1.72 bits per heavy atom. The lowest BCUT2D eigenvalue weighted by molar-refractivity contribution is 0.617. The van der Waals surface area contributed by atoms with Crippen LogP contribution in [0.15, 0.2) is 159 Å². The maximum Gasteiger partial charge on any atom is 0.178 e. The maximum absolute atomic E-state index is 6.67. The average Bonchev–Trinajstić information content (AvgIpc) is 3.94. The molecule has 0 saturated heterocycles. The lowest BCUT2D eigenvalue weighted by atomic mass is 9.85. The molecule has 8 aromatic carbocycles. The van der Waals surface area contributed by atoms with E-state index in [1.165, 1.54) is 58.2 Å². The molecule has 0 aliphatic rings. The fourth-order valence-corrected chi connectivity index (χ4v) is 9.73. The zero-order valence-electron chi connectivity index (χ0n) is 26.5. The van der Waals surface area contributed by atoms with Crippen LogP contribution in [0.1, 0.15) is 0 Å². The first-order chi connectivity index (χ1) is 24.8. The molecule has 0 aliphatic heterocycles. The molecule has 3 nitrogen and oxygen atoms in total. The summed E-state index contributed by atoms with van der Waals surface area (Å²) in [7, 11) is 0. The van der Waals surface area contributed by atoms with Crippen LogP contribution in [-0.2, 0) is 0 Å². The van der Waals surface area contributed by atoms with Gasteiger partial charge in [-0.15, -0.1) is 11.3 Å². The van der Waals surface area contributed by atoms with Gasteiger partial charge in [-0.2, -0.15) is 0 Å². The molecule has 4 heteroatoms. The number of hydrogen-bond donors (Lipinski definition) is 0. The normalized spacial score (nSPS) is 12.4. The summed E-state index contributed by atoms with van der Waals surface area (Å²) in [4.78, 5) is 0. The SMILES string of the molecule is c1ccc2c(c1)oc1c2ccc2c1oc1cccc(-c3c4ccccc4c(-c4coc5ccc6c7ccccc7sc6c45)c4ccccc34)c12. The third-order valence-electron chi connectivity index (χ3n) is 10.6. The van der Waals surface area contributed by atoms with E-state index >= 15 is 0 Å². The van der Waals surface area contributed by atoms with Gasteiger partial charge in [-0.3, -0.25) is 0 Å². The minimum atomic E-state index is 0.781. The molecule has 12 aromatic rings. The Kier molecular flexibility index (Phi) is 5.12. The number of fused-ring (bicyclic) bond motifs is 14. The van der Waals surface area contributed by atoms with Gasteiger partial charge < -0.3 is 13.3 Å². The molecule has 12 rings (SSSR count). The minimum Gasteiger partial charge on any atom is -0.464 e. The van der Waals surface area contributed by atoms with Crippen molar-refractivity contribution in [3.8, 4) is 22.3 Å². The van der Waals surface area contributed by atoms with Crippen LogP contribution in [0, 0.1) is 0 Å². The lowest BCUT2D eigenvalue weighted by Crippen LogP contribution is -1.91. The van der Waals surface area contributed by atoms with E-state index < -0.39 is 0 Å². The highest BCUT2D eigenvalue weighted by Crippen LogP contribution is 2.51. The zero-order valence-corrected chi connectivity index (χ0v) is 27.3. The molecule has 0 bridgehead atoms. The van der Waals surface area contributed by atoms with E-state index in [0.717, 1.165) is 60.6 Å². The predicted molar refractivity (Wildman–Crippen MR) is 210 cm³/mol. The second-order valence-corrected chi connectivity index (χ2v) is 14.2. The average molecular weight is 657 g/mol. The van der Waals surface area contributed by atoms with E-state index in [4.69, 9.17) is 13.3 Å². The molecule has 232 valence electrons. The first-order valence-corrected chi connectivity index (χ1v) is 17.6. The van der Waals surface area contributed by atoms with E-state index in [1.807, 2.05) is 29.7 Å². The molecule has 0 N–H and O–H groups in total. The molecular weight excluding hydrogens is 633 g/mol. The standard InChI is InChI=1S/C46H24O3S/c1-3-14-29-27(12-1)40(33-16-9-18-38-42(33)34-21-20-31-25-10-5-7-17-36(25)48-44(31)45(34)49-38)28-13-2-4-15-30(28)41(29)35-24-47-37-23-22-32-26-11-6-8-19-39(26)50-46(32)43(35)37/h1-24H. The quantitative estimate of drug-likeness (QED) is 0.174. The van der Waals surface area contributed by atoms with E-state index in [9.17, 15) is 0 Å². The van der Waals surface area contributed by atoms with Crippen molar-refractivity contribution in [1.29, 1.82) is 0 Å². The van der Waals surface area contributed by atoms with Crippen LogP contribution >= 0.6 is 11.3 Å². The van der Waals surface area contributed by atoms with Crippen LogP contribution in [0.25, 0.3) is 119 Å². The summed E-state index contributed by atoms with van der Waals surface area (Å²) in [5.41, 5.74) is 8.82. The van der Waals surface area contributed by atoms with Crippen molar-refractivity contribution in [3.05, 3.63) is 146 Å². The van der Waals surface area contributed by atoms with Gasteiger partial charge in [0, 0.05) is 58.2 Å². The van der Waals surface area contributed by atoms with Gasteiger partial charge in [-0.25, -0.2) is 0 Å². The van der Waals surface area contributed by atoms with E-state index in [1.54, 1.807) is 0 Å².